The van der Waals surface area contributed by atoms with Crippen LogP contribution in [0, 0.1) is 0 Å². The third-order valence-corrected chi connectivity index (χ3v) is 3.89. The molecule has 1 aliphatic heterocycles. The Morgan fingerprint density at radius 2 is 2.45 bits per heavy atom. The molecule has 1 fully saturated rings. The topological polar surface area (TPSA) is 89.0 Å². The predicted octanol–water partition coefficient (Wildman–Crippen LogP) is 0.367. The number of amides is 1. The lowest BCUT2D eigenvalue weighted by atomic mass is 10.2. The van der Waals surface area contributed by atoms with Crippen LogP contribution in [0.1, 0.15) is 26.7 Å². The number of thioether (sulfide) groups is 1. The average Bonchev–Trinajstić information content (AvgIpc) is 2.99. The zero-order valence-corrected chi connectivity index (χ0v) is 12.5. The van der Waals surface area contributed by atoms with Gasteiger partial charge in [-0.1, -0.05) is 11.8 Å². The highest BCUT2D eigenvalue weighted by molar-refractivity contribution is 7.99. The fourth-order valence-corrected chi connectivity index (χ4v) is 2.83. The fraction of sp³-hybridized carbons (Fsp3) is 0.750. The van der Waals surface area contributed by atoms with Crippen molar-refractivity contribution in [3.8, 4) is 0 Å². The molecule has 2 rings (SSSR count). The Morgan fingerprint density at radius 1 is 1.65 bits per heavy atom. The summed E-state index contributed by atoms with van der Waals surface area (Å²) in [5, 5.41) is 9.72. The SMILES string of the molecule is CC(C)NC(=O)CSc1n[nH]c(=O)n1CC1CCCO1. The van der Waals surface area contributed by atoms with Gasteiger partial charge in [0, 0.05) is 12.6 Å². The van der Waals surface area contributed by atoms with Crippen LogP contribution in [0.15, 0.2) is 9.95 Å². The van der Waals surface area contributed by atoms with Gasteiger partial charge in [-0.3, -0.25) is 9.36 Å². The van der Waals surface area contributed by atoms with Gasteiger partial charge < -0.3 is 10.1 Å². The molecular formula is C12H20N4O3S. The summed E-state index contributed by atoms with van der Waals surface area (Å²) in [5.41, 5.74) is -0.257. The van der Waals surface area contributed by atoms with E-state index in [1.54, 1.807) is 4.57 Å². The molecule has 112 valence electrons. The highest BCUT2D eigenvalue weighted by Crippen LogP contribution is 2.17. The molecule has 1 atom stereocenters. The summed E-state index contributed by atoms with van der Waals surface area (Å²) >= 11 is 1.25. The van der Waals surface area contributed by atoms with E-state index >= 15 is 0 Å². The van der Waals surface area contributed by atoms with Crippen molar-refractivity contribution in [2.24, 2.45) is 0 Å². The van der Waals surface area contributed by atoms with Crippen LogP contribution >= 0.6 is 11.8 Å². The second-order valence-electron chi connectivity index (χ2n) is 5.07. The number of aromatic nitrogens is 3. The third kappa shape index (κ3) is 4.11. The minimum atomic E-state index is -0.257. The van der Waals surface area contributed by atoms with Crippen molar-refractivity contribution in [3.63, 3.8) is 0 Å². The molecule has 0 radical (unpaired) electrons. The molecule has 0 spiro atoms. The molecule has 1 aliphatic rings. The van der Waals surface area contributed by atoms with Crippen LogP contribution in [0.2, 0.25) is 0 Å². The number of nitrogens with zero attached hydrogens (tertiary/aromatic N) is 2. The molecule has 8 heteroatoms. The number of aromatic amines is 1. The van der Waals surface area contributed by atoms with E-state index in [-0.39, 0.29) is 29.5 Å². The van der Waals surface area contributed by atoms with Crippen LogP contribution in [-0.4, -0.2) is 45.2 Å². The Kier molecular flexibility index (Phi) is 5.24. The Hall–Kier alpha value is -1.28. The van der Waals surface area contributed by atoms with Gasteiger partial charge in [0.15, 0.2) is 5.16 Å². The van der Waals surface area contributed by atoms with Crippen molar-refractivity contribution in [3.05, 3.63) is 10.5 Å². The molecule has 0 bridgehead atoms. The number of hydrogen-bond donors (Lipinski definition) is 2. The molecule has 1 unspecified atom stereocenters. The Balaban J connectivity index is 1.94. The molecule has 7 nitrogen and oxygen atoms in total. The molecule has 1 aromatic heterocycles. The van der Waals surface area contributed by atoms with Gasteiger partial charge in [-0.15, -0.1) is 5.10 Å². The first-order valence-corrected chi connectivity index (χ1v) is 7.74. The van der Waals surface area contributed by atoms with Gasteiger partial charge in [-0.2, -0.15) is 0 Å². The summed E-state index contributed by atoms with van der Waals surface area (Å²) in [6, 6.07) is 0.108. The van der Waals surface area contributed by atoms with Gasteiger partial charge >= 0.3 is 5.69 Å². The summed E-state index contributed by atoms with van der Waals surface area (Å²) in [6.45, 7) is 5.05. The van der Waals surface area contributed by atoms with Crippen LogP contribution in [0.3, 0.4) is 0 Å². The molecule has 1 aromatic rings. The molecule has 1 amide bonds. The first kappa shape index (κ1) is 15.1. The van der Waals surface area contributed by atoms with Gasteiger partial charge in [0.25, 0.3) is 0 Å². The van der Waals surface area contributed by atoms with Crippen molar-refractivity contribution in [2.75, 3.05) is 12.4 Å². The van der Waals surface area contributed by atoms with Crippen molar-refractivity contribution < 1.29 is 9.53 Å². The number of carbonyl (C=O) groups is 1. The minimum Gasteiger partial charge on any atom is -0.376 e. The quantitative estimate of drug-likeness (QED) is 0.741. The number of nitrogens with one attached hydrogen (secondary N) is 2. The minimum absolute atomic E-state index is 0.0640. The van der Waals surface area contributed by atoms with Crippen LogP contribution < -0.4 is 11.0 Å². The molecular weight excluding hydrogens is 280 g/mol. The maximum absolute atomic E-state index is 11.7. The molecule has 0 saturated carbocycles. The van der Waals surface area contributed by atoms with Gasteiger partial charge in [-0.05, 0) is 26.7 Å². The standard InChI is InChI=1S/C12H20N4O3S/c1-8(2)13-10(17)7-20-12-15-14-11(18)16(12)6-9-4-3-5-19-9/h8-9H,3-7H2,1-2H3,(H,13,17)(H,14,18). The fourth-order valence-electron chi connectivity index (χ4n) is 2.06. The maximum atomic E-state index is 11.7. The summed E-state index contributed by atoms with van der Waals surface area (Å²) in [6.07, 6.45) is 2.04. The zero-order valence-electron chi connectivity index (χ0n) is 11.7. The summed E-state index contributed by atoms with van der Waals surface area (Å²) in [7, 11) is 0. The summed E-state index contributed by atoms with van der Waals surface area (Å²) < 4.78 is 7.07. The van der Waals surface area contributed by atoms with E-state index in [2.05, 4.69) is 15.5 Å². The second-order valence-corrected chi connectivity index (χ2v) is 6.01. The van der Waals surface area contributed by atoms with Gasteiger partial charge in [0.1, 0.15) is 0 Å². The number of carbonyl (C=O) groups excluding carboxylic acids is 1. The van der Waals surface area contributed by atoms with E-state index in [9.17, 15) is 9.59 Å². The zero-order chi connectivity index (χ0) is 14.5. The van der Waals surface area contributed by atoms with Crippen LogP contribution in [-0.2, 0) is 16.1 Å². The van der Waals surface area contributed by atoms with E-state index in [1.165, 1.54) is 11.8 Å². The molecule has 0 aromatic carbocycles. The molecule has 0 aliphatic carbocycles. The number of hydrogen-bond acceptors (Lipinski definition) is 5. The van der Waals surface area contributed by atoms with Crippen LogP contribution in [0.4, 0.5) is 0 Å². The van der Waals surface area contributed by atoms with Gasteiger partial charge in [-0.25, -0.2) is 9.89 Å². The molecule has 2 N–H and O–H groups in total. The van der Waals surface area contributed by atoms with Crippen molar-refractivity contribution in [1.29, 1.82) is 0 Å². The lowest BCUT2D eigenvalue weighted by Gasteiger charge is -2.11. The van der Waals surface area contributed by atoms with Crippen molar-refractivity contribution in [1.82, 2.24) is 20.1 Å². The molecule has 20 heavy (non-hydrogen) atoms. The Morgan fingerprint density at radius 3 is 3.10 bits per heavy atom. The van der Waals surface area contributed by atoms with Crippen molar-refractivity contribution >= 4 is 17.7 Å². The molecule has 2 heterocycles. The van der Waals surface area contributed by atoms with Crippen LogP contribution in [0.25, 0.3) is 0 Å². The summed E-state index contributed by atoms with van der Waals surface area (Å²) in [5.74, 6) is 0.178. The predicted molar refractivity (Wildman–Crippen MR) is 75.8 cm³/mol. The highest BCUT2D eigenvalue weighted by Gasteiger charge is 2.20. The van der Waals surface area contributed by atoms with E-state index in [0.29, 0.717) is 11.7 Å². The Labute approximate surface area is 121 Å². The Bertz CT molecular complexity index is 505. The monoisotopic (exact) mass is 300 g/mol. The number of rotatable bonds is 6. The summed E-state index contributed by atoms with van der Waals surface area (Å²) in [4.78, 5) is 23.3. The molecule has 1 saturated heterocycles. The van der Waals surface area contributed by atoms with Gasteiger partial charge in [0.2, 0.25) is 5.91 Å². The van der Waals surface area contributed by atoms with Crippen LogP contribution in [0.5, 0.6) is 0 Å². The number of H-pyrrole nitrogens is 1. The normalized spacial score (nSPS) is 18.6. The van der Waals surface area contributed by atoms with E-state index in [4.69, 9.17) is 4.74 Å². The second kappa shape index (κ2) is 6.94. The number of ether oxygens (including phenoxy) is 1. The highest BCUT2D eigenvalue weighted by atomic mass is 32.2. The first-order valence-electron chi connectivity index (χ1n) is 6.75. The smallest absolute Gasteiger partial charge is 0.344 e. The van der Waals surface area contributed by atoms with Gasteiger partial charge in [0.05, 0.1) is 18.4 Å². The lowest BCUT2D eigenvalue weighted by Crippen LogP contribution is -2.31. The van der Waals surface area contributed by atoms with Crippen molar-refractivity contribution in [2.45, 2.75) is 50.5 Å². The average molecular weight is 300 g/mol. The largest absolute Gasteiger partial charge is 0.376 e. The van der Waals surface area contributed by atoms with E-state index < -0.39 is 0 Å². The maximum Gasteiger partial charge on any atom is 0.344 e. The lowest BCUT2D eigenvalue weighted by molar-refractivity contribution is -0.119. The third-order valence-electron chi connectivity index (χ3n) is 2.92. The van der Waals surface area contributed by atoms with E-state index in [0.717, 1.165) is 19.4 Å². The van der Waals surface area contributed by atoms with E-state index in [1.807, 2.05) is 13.8 Å². The first-order chi connectivity index (χ1) is 9.56.